The summed E-state index contributed by atoms with van der Waals surface area (Å²) in [7, 11) is 0. The van der Waals surface area contributed by atoms with Crippen LogP contribution in [0.3, 0.4) is 0 Å². The maximum Gasteiger partial charge on any atom is 0.265 e. The lowest BCUT2D eigenvalue weighted by Gasteiger charge is -2.15. The highest BCUT2D eigenvalue weighted by Crippen LogP contribution is 2.15. The van der Waals surface area contributed by atoms with E-state index in [4.69, 9.17) is 4.74 Å². The molecule has 0 aliphatic heterocycles. The molecule has 0 aromatic heterocycles. The molecule has 110 valence electrons. The molecule has 0 fully saturated rings. The molecule has 0 saturated carbocycles. The van der Waals surface area contributed by atoms with Gasteiger partial charge >= 0.3 is 0 Å². The highest BCUT2D eigenvalue weighted by Gasteiger charge is 2.14. The summed E-state index contributed by atoms with van der Waals surface area (Å²) in [6.07, 6.45) is 0.443. The zero-order valence-electron chi connectivity index (χ0n) is 12.7. The van der Waals surface area contributed by atoms with E-state index in [1.54, 1.807) is 6.92 Å². The Balaban J connectivity index is 1.95. The van der Waals surface area contributed by atoms with Gasteiger partial charge in [0, 0.05) is 5.69 Å². The molecule has 0 bridgehead atoms. The van der Waals surface area contributed by atoms with Crippen molar-refractivity contribution >= 4 is 11.6 Å². The van der Waals surface area contributed by atoms with Crippen LogP contribution in [-0.2, 0) is 11.2 Å². The lowest BCUT2D eigenvalue weighted by Crippen LogP contribution is -2.30. The Hall–Kier alpha value is -2.29. The molecule has 2 rings (SSSR count). The Morgan fingerprint density at radius 3 is 2.52 bits per heavy atom. The standard InChI is InChI=1S/C18H21NO2/c1-4-15-8-10-16(11-9-15)19-18(20)14(3)21-17-7-5-6-13(2)12-17/h5-12,14H,4H2,1-3H3,(H,19,20). The molecule has 2 aromatic carbocycles. The Morgan fingerprint density at radius 2 is 1.90 bits per heavy atom. The molecular formula is C18H21NO2. The Bertz CT molecular complexity index is 605. The molecule has 2 aromatic rings. The first-order chi connectivity index (χ1) is 10.1. The molecule has 0 aliphatic rings. The fourth-order valence-electron chi connectivity index (χ4n) is 2.01. The summed E-state index contributed by atoms with van der Waals surface area (Å²) in [5.41, 5.74) is 3.14. The van der Waals surface area contributed by atoms with Crippen molar-refractivity contribution in [3.8, 4) is 5.75 Å². The predicted octanol–water partition coefficient (Wildman–Crippen LogP) is 3.96. The average molecular weight is 283 g/mol. The van der Waals surface area contributed by atoms with Crippen molar-refractivity contribution in [2.75, 3.05) is 5.32 Å². The first-order valence-electron chi connectivity index (χ1n) is 7.21. The van der Waals surface area contributed by atoms with Gasteiger partial charge in [0.25, 0.3) is 5.91 Å². The summed E-state index contributed by atoms with van der Waals surface area (Å²) >= 11 is 0. The van der Waals surface area contributed by atoms with Gasteiger partial charge in [-0.2, -0.15) is 0 Å². The van der Waals surface area contributed by atoms with Crippen LogP contribution in [0.1, 0.15) is 25.0 Å². The molecule has 1 atom stereocenters. The van der Waals surface area contributed by atoms with E-state index in [9.17, 15) is 4.79 Å². The highest BCUT2D eigenvalue weighted by atomic mass is 16.5. The van der Waals surface area contributed by atoms with Crippen LogP contribution in [0.15, 0.2) is 48.5 Å². The van der Waals surface area contributed by atoms with Crippen molar-refractivity contribution < 1.29 is 9.53 Å². The number of anilines is 1. The van der Waals surface area contributed by atoms with E-state index in [-0.39, 0.29) is 5.91 Å². The SMILES string of the molecule is CCc1ccc(NC(=O)C(C)Oc2cccc(C)c2)cc1. The van der Waals surface area contributed by atoms with Gasteiger partial charge in [0.15, 0.2) is 6.10 Å². The fourth-order valence-corrected chi connectivity index (χ4v) is 2.01. The third-order valence-electron chi connectivity index (χ3n) is 3.30. The monoisotopic (exact) mass is 283 g/mol. The number of amides is 1. The average Bonchev–Trinajstić information content (AvgIpc) is 2.48. The minimum absolute atomic E-state index is 0.152. The molecule has 1 amide bonds. The number of benzene rings is 2. The van der Waals surface area contributed by atoms with Crippen LogP contribution < -0.4 is 10.1 Å². The summed E-state index contributed by atoms with van der Waals surface area (Å²) in [6, 6.07) is 15.5. The van der Waals surface area contributed by atoms with Gasteiger partial charge in [0.2, 0.25) is 0 Å². The number of carbonyl (C=O) groups excluding carboxylic acids is 1. The normalized spacial score (nSPS) is 11.8. The van der Waals surface area contributed by atoms with E-state index < -0.39 is 6.10 Å². The second kappa shape index (κ2) is 6.93. The first-order valence-corrected chi connectivity index (χ1v) is 7.21. The van der Waals surface area contributed by atoms with Gasteiger partial charge in [-0.25, -0.2) is 0 Å². The van der Waals surface area contributed by atoms with Crippen LogP contribution >= 0.6 is 0 Å². The van der Waals surface area contributed by atoms with Crippen LogP contribution in [0.2, 0.25) is 0 Å². The van der Waals surface area contributed by atoms with E-state index in [1.807, 2.05) is 55.5 Å². The smallest absolute Gasteiger partial charge is 0.265 e. The largest absolute Gasteiger partial charge is 0.481 e. The minimum Gasteiger partial charge on any atom is -0.481 e. The summed E-state index contributed by atoms with van der Waals surface area (Å²) in [4.78, 5) is 12.1. The quantitative estimate of drug-likeness (QED) is 0.902. The van der Waals surface area contributed by atoms with E-state index >= 15 is 0 Å². The highest BCUT2D eigenvalue weighted by molar-refractivity contribution is 5.94. The van der Waals surface area contributed by atoms with Crippen LogP contribution in [0.25, 0.3) is 0 Å². The Morgan fingerprint density at radius 1 is 1.19 bits per heavy atom. The van der Waals surface area contributed by atoms with E-state index in [0.29, 0.717) is 5.75 Å². The maximum absolute atomic E-state index is 12.1. The number of hydrogen-bond donors (Lipinski definition) is 1. The molecule has 3 heteroatoms. The maximum atomic E-state index is 12.1. The number of carbonyl (C=O) groups is 1. The lowest BCUT2D eigenvalue weighted by molar-refractivity contribution is -0.122. The van der Waals surface area contributed by atoms with Crippen molar-refractivity contribution in [2.45, 2.75) is 33.3 Å². The number of rotatable bonds is 5. The van der Waals surface area contributed by atoms with Gasteiger partial charge in [-0.15, -0.1) is 0 Å². The third kappa shape index (κ3) is 4.35. The molecule has 0 heterocycles. The second-order valence-corrected chi connectivity index (χ2v) is 5.12. The van der Waals surface area contributed by atoms with E-state index in [0.717, 1.165) is 17.7 Å². The molecular weight excluding hydrogens is 262 g/mol. The fraction of sp³-hybridized carbons (Fsp3) is 0.278. The molecule has 0 radical (unpaired) electrons. The molecule has 21 heavy (non-hydrogen) atoms. The zero-order valence-corrected chi connectivity index (χ0v) is 12.7. The Labute approximate surface area is 126 Å². The number of nitrogens with one attached hydrogen (secondary N) is 1. The first kappa shape index (κ1) is 15.1. The number of hydrogen-bond acceptors (Lipinski definition) is 2. The molecule has 1 N–H and O–H groups in total. The molecule has 3 nitrogen and oxygen atoms in total. The Kier molecular flexibility index (Phi) is 4.99. The zero-order chi connectivity index (χ0) is 15.2. The van der Waals surface area contributed by atoms with Crippen molar-refractivity contribution in [1.82, 2.24) is 0 Å². The van der Waals surface area contributed by atoms with Crippen molar-refractivity contribution in [1.29, 1.82) is 0 Å². The van der Waals surface area contributed by atoms with Crippen LogP contribution in [-0.4, -0.2) is 12.0 Å². The molecule has 1 unspecified atom stereocenters. The van der Waals surface area contributed by atoms with Crippen molar-refractivity contribution in [3.05, 3.63) is 59.7 Å². The summed E-state index contributed by atoms with van der Waals surface area (Å²) in [5.74, 6) is 0.555. The topological polar surface area (TPSA) is 38.3 Å². The number of ether oxygens (including phenoxy) is 1. The number of aryl methyl sites for hydroxylation is 2. The van der Waals surface area contributed by atoms with Crippen molar-refractivity contribution in [3.63, 3.8) is 0 Å². The minimum atomic E-state index is -0.544. The van der Waals surface area contributed by atoms with Gasteiger partial charge in [-0.3, -0.25) is 4.79 Å². The molecule has 0 spiro atoms. The lowest BCUT2D eigenvalue weighted by atomic mass is 10.1. The van der Waals surface area contributed by atoms with Gasteiger partial charge in [0.1, 0.15) is 5.75 Å². The third-order valence-corrected chi connectivity index (χ3v) is 3.30. The van der Waals surface area contributed by atoms with E-state index in [2.05, 4.69) is 12.2 Å². The molecule has 0 saturated heterocycles. The van der Waals surface area contributed by atoms with Crippen LogP contribution in [0, 0.1) is 6.92 Å². The van der Waals surface area contributed by atoms with Gasteiger partial charge in [0.05, 0.1) is 0 Å². The van der Waals surface area contributed by atoms with Crippen LogP contribution in [0.4, 0.5) is 5.69 Å². The molecule has 0 aliphatic carbocycles. The summed E-state index contributed by atoms with van der Waals surface area (Å²) in [5, 5.41) is 2.86. The van der Waals surface area contributed by atoms with Crippen LogP contribution in [0.5, 0.6) is 5.75 Å². The van der Waals surface area contributed by atoms with E-state index in [1.165, 1.54) is 5.56 Å². The van der Waals surface area contributed by atoms with Crippen molar-refractivity contribution in [2.24, 2.45) is 0 Å². The summed E-state index contributed by atoms with van der Waals surface area (Å²) < 4.78 is 5.66. The second-order valence-electron chi connectivity index (χ2n) is 5.12. The van der Waals surface area contributed by atoms with Gasteiger partial charge in [-0.1, -0.05) is 31.2 Å². The van der Waals surface area contributed by atoms with Gasteiger partial charge in [-0.05, 0) is 55.7 Å². The summed E-state index contributed by atoms with van der Waals surface area (Å²) in [6.45, 7) is 5.84. The predicted molar refractivity (Wildman–Crippen MR) is 85.7 cm³/mol. The van der Waals surface area contributed by atoms with Gasteiger partial charge < -0.3 is 10.1 Å².